The van der Waals surface area contributed by atoms with Crippen molar-refractivity contribution in [3.8, 4) is 11.5 Å². The van der Waals surface area contributed by atoms with Gasteiger partial charge in [0.15, 0.2) is 0 Å². The van der Waals surface area contributed by atoms with E-state index in [9.17, 15) is 9.90 Å². The lowest BCUT2D eigenvalue weighted by atomic mass is 9.89. The minimum absolute atomic E-state index is 0.0917. The standard InChI is InChI=1S/C53H60O3.C7H6O2/c1-3-5-7-9-11-13-23-42-44-25-15-19-29-48(44)52(49-30-20-16-26-45(42)49)37-55-40-33-39(36-54)34-41(35-40)56-38-53-50-31-21-17-27-46(50)43(24-14-12-10-8-6-4-2)47-28-18-22-32-51(47)53;8-7(9)6-4-2-1-3-5-6/h15-22,25-35,54H,3-14,23-24,36-38H2,1-2H3;1-5H,(H,8,9). The van der Waals surface area contributed by atoms with Crippen LogP contribution >= 0.6 is 0 Å². The van der Waals surface area contributed by atoms with E-state index in [1.54, 1.807) is 30.3 Å². The third kappa shape index (κ3) is 12.1. The monoisotopic (exact) mass is 866 g/mol. The van der Waals surface area contributed by atoms with Crippen LogP contribution in [-0.2, 0) is 32.7 Å². The van der Waals surface area contributed by atoms with Crippen LogP contribution in [-0.4, -0.2) is 16.2 Å². The van der Waals surface area contributed by atoms with Gasteiger partial charge in [0.1, 0.15) is 24.7 Å². The Labute approximate surface area is 386 Å². The fourth-order valence-corrected chi connectivity index (χ4v) is 9.41. The molecule has 0 amide bonds. The Morgan fingerprint density at radius 2 is 0.738 bits per heavy atom. The summed E-state index contributed by atoms with van der Waals surface area (Å²) >= 11 is 0. The van der Waals surface area contributed by atoms with Gasteiger partial charge in [0, 0.05) is 17.2 Å². The molecule has 336 valence electrons. The fraction of sp³-hybridized carbons (Fsp3) is 0.317. The highest BCUT2D eigenvalue weighted by atomic mass is 16.5. The second kappa shape index (κ2) is 24.2. The van der Waals surface area contributed by atoms with Crippen LogP contribution in [0.15, 0.2) is 146 Å². The summed E-state index contributed by atoms with van der Waals surface area (Å²) < 4.78 is 13.3. The highest BCUT2D eigenvalue weighted by molar-refractivity contribution is 6.07. The maximum Gasteiger partial charge on any atom is 0.335 e. The van der Waals surface area contributed by atoms with E-state index in [0.717, 1.165) is 18.4 Å². The van der Waals surface area contributed by atoms with Gasteiger partial charge in [-0.2, -0.15) is 0 Å². The van der Waals surface area contributed by atoms with Gasteiger partial charge >= 0.3 is 5.97 Å². The summed E-state index contributed by atoms with van der Waals surface area (Å²) in [5, 5.41) is 29.0. The number of aromatic carboxylic acids is 1. The lowest BCUT2D eigenvalue weighted by molar-refractivity contribution is 0.0697. The molecule has 0 atom stereocenters. The van der Waals surface area contributed by atoms with Crippen LogP contribution in [0.4, 0.5) is 0 Å². The number of aliphatic hydroxyl groups is 1. The zero-order valence-corrected chi connectivity index (χ0v) is 38.5. The van der Waals surface area contributed by atoms with Crippen LogP contribution in [0.3, 0.4) is 0 Å². The van der Waals surface area contributed by atoms with Crippen molar-refractivity contribution in [3.63, 3.8) is 0 Å². The largest absolute Gasteiger partial charge is 0.489 e. The number of carboxylic acids is 1. The lowest BCUT2D eigenvalue weighted by Crippen LogP contribution is -2.03. The number of aryl methyl sites for hydroxylation is 2. The van der Waals surface area contributed by atoms with Gasteiger partial charge in [-0.3, -0.25) is 0 Å². The number of hydrogen-bond donors (Lipinski definition) is 2. The molecule has 8 rings (SSSR count). The average Bonchev–Trinajstić information content (AvgIpc) is 3.35. The van der Waals surface area contributed by atoms with E-state index in [0.29, 0.717) is 30.3 Å². The molecule has 0 aliphatic rings. The van der Waals surface area contributed by atoms with Crippen molar-refractivity contribution in [1.82, 2.24) is 0 Å². The van der Waals surface area contributed by atoms with Crippen molar-refractivity contribution in [1.29, 1.82) is 0 Å². The van der Waals surface area contributed by atoms with E-state index >= 15 is 0 Å². The molecule has 0 bridgehead atoms. The Bertz CT molecular complexity index is 2500. The summed E-state index contributed by atoms with van der Waals surface area (Å²) in [5.74, 6) is 0.510. The zero-order chi connectivity index (χ0) is 45.2. The molecule has 0 spiro atoms. The quantitative estimate of drug-likeness (QED) is 0.0524. The highest BCUT2D eigenvalue weighted by Gasteiger charge is 2.17. The molecule has 2 N–H and O–H groups in total. The normalized spacial score (nSPS) is 11.2. The lowest BCUT2D eigenvalue weighted by Gasteiger charge is -2.19. The molecular weight excluding hydrogens is 801 g/mol. The Balaban J connectivity index is 0.000000626. The van der Waals surface area contributed by atoms with Crippen LogP contribution in [0.1, 0.15) is 129 Å². The summed E-state index contributed by atoms with van der Waals surface area (Å²) in [6.45, 7) is 5.30. The van der Waals surface area contributed by atoms with Crippen molar-refractivity contribution < 1.29 is 24.5 Å². The van der Waals surface area contributed by atoms with E-state index < -0.39 is 5.97 Å². The topological polar surface area (TPSA) is 76.0 Å². The van der Waals surface area contributed by atoms with Gasteiger partial charge in [-0.15, -0.1) is 0 Å². The molecule has 8 aromatic rings. The van der Waals surface area contributed by atoms with E-state index in [1.165, 1.54) is 142 Å². The van der Waals surface area contributed by atoms with Crippen molar-refractivity contribution in [2.75, 3.05) is 0 Å². The van der Waals surface area contributed by atoms with Crippen LogP contribution in [0.25, 0.3) is 43.1 Å². The molecule has 0 aliphatic heterocycles. The summed E-state index contributed by atoms with van der Waals surface area (Å²) in [6, 6.07) is 49.5. The van der Waals surface area contributed by atoms with E-state index in [-0.39, 0.29) is 6.61 Å². The number of hydrogen-bond acceptors (Lipinski definition) is 4. The smallest absolute Gasteiger partial charge is 0.335 e. The second-order valence-corrected chi connectivity index (χ2v) is 17.4. The molecular formula is C60H66O5. The Hall–Kier alpha value is -6.17. The molecule has 0 heterocycles. The maximum absolute atomic E-state index is 10.3. The average molecular weight is 867 g/mol. The van der Waals surface area contributed by atoms with Gasteiger partial charge in [0.2, 0.25) is 0 Å². The summed E-state index contributed by atoms with van der Waals surface area (Å²) in [4.78, 5) is 10.2. The van der Waals surface area contributed by atoms with Gasteiger partial charge in [0.05, 0.1) is 12.2 Å². The highest BCUT2D eigenvalue weighted by Crippen LogP contribution is 2.37. The molecule has 5 heteroatoms. The SMILES string of the molecule is CCCCCCCCc1c2ccccc2c(COc2cc(CO)cc(OCc3c4ccccc4c(CCCCCCCC)c4ccccc34)c2)c2ccccc12.O=C(O)c1ccccc1. The molecule has 0 radical (unpaired) electrons. The van der Waals surface area contributed by atoms with Crippen molar-refractivity contribution in [2.24, 2.45) is 0 Å². The van der Waals surface area contributed by atoms with Crippen molar-refractivity contribution in [2.45, 2.75) is 124 Å². The van der Waals surface area contributed by atoms with E-state index in [1.807, 2.05) is 18.2 Å². The maximum atomic E-state index is 10.3. The van der Waals surface area contributed by atoms with Gasteiger partial charge in [-0.1, -0.05) is 193 Å². The molecule has 0 fully saturated rings. The Morgan fingerprint density at radius 1 is 0.415 bits per heavy atom. The zero-order valence-electron chi connectivity index (χ0n) is 38.5. The van der Waals surface area contributed by atoms with Gasteiger partial charge in [0.25, 0.3) is 0 Å². The number of ether oxygens (including phenoxy) is 2. The van der Waals surface area contributed by atoms with Crippen LogP contribution < -0.4 is 9.47 Å². The van der Waals surface area contributed by atoms with Gasteiger partial charge in [-0.05, 0) is 110 Å². The third-order valence-corrected chi connectivity index (χ3v) is 12.8. The first kappa shape index (κ1) is 46.8. The number of fused-ring (bicyclic) bond motifs is 4. The first-order chi connectivity index (χ1) is 32.0. The predicted molar refractivity (Wildman–Crippen MR) is 271 cm³/mol. The summed E-state index contributed by atoms with van der Waals surface area (Å²) in [5.41, 5.74) is 6.38. The summed E-state index contributed by atoms with van der Waals surface area (Å²) in [7, 11) is 0. The van der Waals surface area contributed by atoms with Gasteiger partial charge in [-0.25, -0.2) is 4.79 Å². The minimum atomic E-state index is -0.879. The fourth-order valence-electron chi connectivity index (χ4n) is 9.41. The van der Waals surface area contributed by atoms with E-state index in [4.69, 9.17) is 14.6 Å². The van der Waals surface area contributed by atoms with Crippen LogP contribution in [0.2, 0.25) is 0 Å². The minimum Gasteiger partial charge on any atom is -0.489 e. The van der Waals surface area contributed by atoms with Crippen molar-refractivity contribution in [3.05, 3.63) is 179 Å². The Morgan fingerprint density at radius 3 is 1.06 bits per heavy atom. The molecule has 0 saturated carbocycles. The molecule has 5 nitrogen and oxygen atoms in total. The molecule has 0 saturated heterocycles. The molecule has 65 heavy (non-hydrogen) atoms. The number of aliphatic hydroxyl groups excluding tert-OH is 1. The van der Waals surface area contributed by atoms with Crippen molar-refractivity contribution >= 4 is 49.1 Å². The molecule has 0 unspecified atom stereocenters. The number of carbonyl (C=O) groups is 1. The molecule has 0 aromatic heterocycles. The van der Waals surface area contributed by atoms with Crippen LogP contribution in [0, 0.1) is 0 Å². The summed E-state index contributed by atoms with van der Waals surface area (Å²) in [6.07, 6.45) is 17.6. The first-order valence-corrected chi connectivity index (χ1v) is 24.1. The molecule has 8 aromatic carbocycles. The van der Waals surface area contributed by atoms with Crippen LogP contribution in [0.5, 0.6) is 11.5 Å². The Kier molecular flexibility index (Phi) is 17.4. The third-order valence-electron chi connectivity index (χ3n) is 12.8. The number of unbranched alkanes of at least 4 members (excludes halogenated alkanes) is 10. The van der Waals surface area contributed by atoms with E-state index in [2.05, 4.69) is 111 Å². The first-order valence-electron chi connectivity index (χ1n) is 24.1. The van der Waals surface area contributed by atoms with Gasteiger partial charge < -0.3 is 19.7 Å². The number of carboxylic acid groups (broad SMARTS) is 1. The second-order valence-electron chi connectivity index (χ2n) is 17.4. The molecule has 0 aliphatic carbocycles. The number of benzene rings is 8. The predicted octanol–water partition coefficient (Wildman–Crippen LogP) is 16.1. The number of rotatable bonds is 22.